The smallest absolute Gasteiger partial charge is 0.166 e. The Morgan fingerprint density at radius 2 is 2.00 bits per heavy atom. The Morgan fingerprint density at radius 1 is 1.23 bits per heavy atom. The number of morpholine rings is 1. The van der Waals surface area contributed by atoms with Gasteiger partial charge in [-0.3, -0.25) is 4.90 Å². The molecule has 2 heterocycles. The summed E-state index contributed by atoms with van der Waals surface area (Å²) in [6.07, 6.45) is 0. The minimum Gasteiger partial charge on any atom is -0.497 e. The first-order chi connectivity index (χ1) is 12.8. The molecule has 7 heteroatoms. The first-order valence-corrected chi connectivity index (χ1v) is 10.0. The van der Waals surface area contributed by atoms with Crippen molar-refractivity contribution in [1.29, 1.82) is 0 Å². The predicted molar refractivity (Wildman–Crippen MR) is 110 cm³/mol. The molecular formula is C19H25N3O2S2. The van der Waals surface area contributed by atoms with E-state index in [9.17, 15) is 0 Å². The summed E-state index contributed by atoms with van der Waals surface area (Å²) in [6.45, 7) is 4.97. The van der Waals surface area contributed by atoms with Gasteiger partial charge in [-0.15, -0.1) is 11.3 Å². The molecule has 0 aliphatic carbocycles. The summed E-state index contributed by atoms with van der Waals surface area (Å²) in [4.78, 5) is 3.83. The number of hydrogen-bond donors (Lipinski definition) is 2. The van der Waals surface area contributed by atoms with E-state index in [0.717, 1.165) is 44.2 Å². The summed E-state index contributed by atoms with van der Waals surface area (Å²) in [7, 11) is 1.67. The van der Waals surface area contributed by atoms with Gasteiger partial charge in [0, 0.05) is 31.1 Å². The Hall–Kier alpha value is -1.67. The molecule has 140 valence electrons. The molecule has 1 saturated heterocycles. The average Bonchev–Trinajstić information content (AvgIpc) is 3.22. The SMILES string of the molecule is COc1ccc(CNC(=S)NC[C@@H](c2cccs2)N2CCOCC2)cc1. The molecule has 1 aliphatic heterocycles. The third-order valence-corrected chi connectivity index (χ3v) is 5.69. The number of nitrogens with zero attached hydrogens (tertiary/aromatic N) is 1. The molecule has 1 aliphatic rings. The summed E-state index contributed by atoms with van der Waals surface area (Å²) in [5, 5.41) is 9.47. The van der Waals surface area contributed by atoms with Crippen LogP contribution in [0.5, 0.6) is 5.75 Å². The van der Waals surface area contributed by atoms with E-state index in [4.69, 9.17) is 21.7 Å². The first kappa shape index (κ1) is 19.1. The largest absolute Gasteiger partial charge is 0.497 e. The van der Waals surface area contributed by atoms with Gasteiger partial charge in [0.1, 0.15) is 5.75 Å². The van der Waals surface area contributed by atoms with Crippen LogP contribution in [0.2, 0.25) is 0 Å². The van der Waals surface area contributed by atoms with Crippen molar-refractivity contribution < 1.29 is 9.47 Å². The molecule has 0 bridgehead atoms. The van der Waals surface area contributed by atoms with Gasteiger partial charge in [-0.25, -0.2) is 0 Å². The molecule has 0 spiro atoms. The zero-order valence-corrected chi connectivity index (χ0v) is 16.6. The molecule has 0 unspecified atom stereocenters. The molecule has 0 amide bonds. The minimum absolute atomic E-state index is 0.319. The molecule has 26 heavy (non-hydrogen) atoms. The number of nitrogens with one attached hydrogen (secondary N) is 2. The number of ether oxygens (including phenoxy) is 2. The highest BCUT2D eigenvalue weighted by Crippen LogP contribution is 2.25. The van der Waals surface area contributed by atoms with Crippen LogP contribution in [-0.4, -0.2) is 50.0 Å². The van der Waals surface area contributed by atoms with Crippen molar-refractivity contribution in [1.82, 2.24) is 15.5 Å². The molecule has 2 N–H and O–H groups in total. The quantitative estimate of drug-likeness (QED) is 0.708. The van der Waals surface area contributed by atoms with Crippen molar-refractivity contribution in [3.05, 3.63) is 52.2 Å². The molecule has 1 aromatic carbocycles. The Balaban J connectivity index is 1.50. The maximum atomic E-state index is 5.49. The van der Waals surface area contributed by atoms with E-state index in [1.807, 2.05) is 24.3 Å². The van der Waals surface area contributed by atoms with Crippen LogP contribution in [-0.2, 0) is 11.3 Å². The van der Waals surface area contributed by atoms with Crippen LogP contribution in [0.15, 0.2) is 41.8 Å². The van der Waals surface area contributed by atoms with Crippen molar-refractivity contribution >= 4 is 28.7 Å². The highest BCUT2D eigenvalue weighted by atomic mass is 32.1. The van der Waals surface area contributed by atoms with Gasteiger partial charge >= 0.3 is 0 Å². The summed E-state index contributed by atoms with van der Waals surface area (Å²) >= 11 is 7.26. The molecule has 0 radical (unpaired) electrons. The zero-order chi connectivity index (χ0) is 18.2. The monoisotopic (exact) mass is 391 g/mol. The van der Waals surface area contributed by atoms with Crippen LogP contribution in [0.4, 0.5) is 0 Å². The average molecular weight is 392 g/mol. The van der Waals surface area contributed by atoms with Crippen LogP contribution in [0.25, 0.3) is 0 Å². The second-order valence-electron chi connectivity index (χ2n) is 6.09. The van der Waals surface area contributed by atoms with Gasteiger partial charge in [-0.1, -0.05) is 18.2 Å². The second kappa shape index (κ2) is 9.87. The van der Waals surface area contributed by atoms with Crippen LogP contribution in [0, 0.1) is 0 Å². The molecule has 1 fully saturated rings. The minimum atomic E-state index is 0.319. The zero-order valence-electron chi connectivity index (χ0n) is 14.9. The van der Waals surface area contributed by atoms with Gasteiger partial charge in [0.2, 0.25) is 0 Å². The van der Waals surface area contributed by atoms with Crippen LogP contribution in [0.1, 0.15) is 16.5 Å². The Bertz CT molecular complexity index is 671. The second-order valence-corrected chi connectivity index (χ2v) is 7.48. The van der Waals surface area contributed by atoms with Crippen LogP contribution >= 0.6 is 23.6 Å². The Labute approximate surface area is 164 Å². The highest BCUT2D eigenvalue weighted by Gasteiger charge is 2.23. The fraction of sp³-hybridized carbons (Fsp3) is 0.421. The lowest BCUT2D eigenvalue weighted by atomic mass is 10.2. The normalized spacial score (nSPS) is 16.0. The van der Waals surface area contributed by atoms with Crippen molar-refractivity contribution in [2.75, 3.05) is 40.0 Å². The van der Waals surface area contributed by atoms with Crippen LogP contribution < -0.4 is 15.4 Å². The Morgan fingerprint density at radius 3 is 2.65 bits per heavy atom. The summed E-state index contributed by atoms with van der Waals surface area (Å²) < 4.78 is 10.7. The van der Waals surface area contributed by atoms with Gasteiger partial charge in [-0.2, -0.15) is 0 Å². The van der Waals surface area contributed by atoms with Gasteiger partial charge in [0.15, 0.2) is 5.11 Å². The van der Waals surface area contributed by atoms with E-state index >= 15 is 0 Å². The van der Waals surface area contributed by atoms with Gasteiger partial charge < -0.3 is 20.1 Å². The lowest BCUT2D eigenvalue weighted by Crippen LogP contribution is -2.45. The van der Waals surface area contributed by atoms with E-state index in [0.29, 0.717) is 17.7 Å². The van der Waals surface area contributed by atoms with Crippen molar-refractivity contribution in [2.45, 2.75) is 12.6 Å². The molecule has 2 aromatic rings. The van der Waals surface area contributed by atoms with Crippen LogP contribution in [0.3, 0.4) is 0 Å². The number of hydrogen-bond acceptors (Lipinski definition) is 5. The Kier molecular flexibility index (Phi) is 7.25. The van der Waals surface area contributed by atoms with E-state index in [1.54, 1.807) is 18.4 Å². The maximum Gasteiger partial charge on any atom is 0.166 e. The number of benzene rings is 1. The van der Waals surface area contributed by atoms with E-state index in [-0.39, 0.29) is 0 Å². The van der Waals surface area contributed by atoms with Crippen molar-refractivity contribution in [3.8, 4) is 5.75 Å². The van der Waals surface area contributed by atoms with Crippen molar-refractivity contribution in [3.63, 3.8) is 0 Å². The molecular weight excluding hydrogens is 366 g/mol. The molecule has 3 rings (SSSR count). The third-order valence-electron chi connectivity index (χ3n) is 4.43. The summed E-state index contributed by atoms with van der Waals surface area (Å²) in [5.74, 6) is 0.860. The fourth-order valence-electron chi connectivity index (χ4n) is 2.96. The number of thiocarbonyl (C=S) groups is 1. The fourth-order valence-corrected chi connectivity index (χ4v) is 3.97. The van der Waals surface area contributed by atoms with E-state index in [1.165, 1.54) is 4.88 Å². The van der Waals surface area contributed by atoms with E-state index in [2.05, 4.69) is 33.0 Å². The maximum absolute atomic E-state index is 5.49. The lowest BCUT2D eigenvalue weighted by Gasteiger charge is -2.34. The summed E-state index contributed by atoms with van der Waals surface area (Å²) in [5.41, 5.74) is 1.16. The molecule has 5 nitrogen and oxygen atoms in total. The molecule has 1 aromatic heterocycles. The van der Waals surface area contributed by atoms with Gasteiger partial charge in [0.25, 0.3) is 0 Å². The van der Waals surface area contributed by atoms with Crippen molar-refractivity contribution in [2.24, 2.45) is 0 Å². The molecule has 1 atom stereocenters. The standard InChI is InChI=1S/C19H25N3O2S2/c1-23-16-6-4-15(5-7-16)13-20-19(25)21-14-17(18-3-2-12-26-18)22-8-10-24-11-9-22/h2-7,12,17H,8-11,13-14H2,1H3,(H2,20,21,25)/t17-/m0/s1. The van der Waals surface area contributed by atoms with Gasteiger partial charge in [0.05, 0.1) is 26.4 Å². The topological polar surface area (TPSA) is 45.8 Å². The van der Waals surface area contributed by atoms with E-state index < -0.39 is 0 Å². The lowest BCUT2D eigenvalue weighted by molar-refractivity contribution is 0.0177. The first-order valence-electron chi connectivity index (χ1n) is 8.76. The third kappa shape index (κ3) is 5.41. The number of thiophene rings is 1. The number of methoxy groups -OCH3 is 1. The van der Waals surface area contributed by atoms with Gasteiger partial charge in [-0.05, 0) is 41.4 Å². The predicted octanol–water partition coefficient (Wildman–Crippen LogP) is 2.79. The number of rotatable bonds is 7. The highest BCUT2D eigenvalue weighted by molar-refractivity contribution is 7.80. The summed E-state index contributed by atoms with van der Waals surface area (Å²) in [6, 6.07) is 12.6. The molecule has 0 saturated carbocycles.